The van der Waals surface area contributed by atoms with E-state index in [0.717, 1.165) is 24.3 Å². The molecule has 0 aliphatic rings. The normalized spacial score (nSPS) is 11.5. The van der Waals surface area contributed by atoms with Crippen molar-refractivity contribution in [2.45, 2.75) is 6.18 Å². The topological polar surface area (TPSA) is 35.5 Å². The van der Waals surface area contributed by atoms with E-state index in [2.05, 4.69) is 0 Å². The predicted molar refractivity (Wildman–Crippen MR) is 84.4 cm³/mol. The zero-order valence-corrected chi connectivity index (χ0v) is 13.1. The van der Waals surface area contributed by atoms with Crippen LogP contribution in [0.25, 0.3) is 6.08 Å². The number of methoxy groups -OCH3 is 2. The van der Waals surface area contributed by atoms with Gasteiger partial charge in [-0.1, -0.05) is 18.2 Å². The van der Waals surface area contributed by atoms with Gasteiger partial charge in [0.05, 0.1) is 19.8 Å². The van der Waals surface area contributed by atoms with Gasteiger partial charge in [-0.3, -0.25) is 4.79 Å². The molecule has 0 heterocycles. The number of benzene rings is 2. The molecule has 0 N–H and O–H groups in total. The lowest BCUT2D eigenvalue weighted by atomic mass is 10.1. The van der Waals surface area contributed by atoms with E-state index in [1.54, 1.807) is 24.3 Å². The van der Waals surface area contributed by atoms with E-state index in [1.807, 2.05) is 0 Å². The standard InChI is InChI=1S/C18H15F3O3/c1-23-15-9-12(10-16(11-15)24-2)3-8-17(22)13-4-6-14(7-5-13)18(19,20)21/h3-11H,1-2H3/b8-3+. The molecule has 126 valence electrons. The third kappa shape index (κ3) is 4.38. The number of rotatable bonds is 5. The second-order valence-electron chi connectivity index (χ2n) is 4.92. The molecule has 0 fully saturated rings. The molecule has 0 aromatic heterocycles. The van der Waals surface area contributed by atoms with E-state index in [-0.39, 0.29) is 5.56 Å². The third-order valence-corrected chi connectivity index (χ3v) is 3.30. The van der Waals surface area contributed by atoms with Crippen molar-refractivity contribution in [1.29, 1.82) is 0 Å². The number of alkyl halides is 3. The molecule has 0 aliphatic carbocycles. The van der Waals surface area contributed by atoms with Crippen LogP contribution in [-0.4, -0.2) is 20.0 Å². The van der Waals surface area contributed by atoms with Crippen LogP contribution in [0.3, 0.4) is 0 Å². The summed E-state index contributed by atoms with van der Waals surface area (Å²) in [4.78, 5) is 12.1. The summed E-state index contributed by atoms with van der Waals surface area (Å²) >= 11 is 0. The minimum Gasteiger partial charge on any atom is -0.497 e. The first kappa shape index (κ1) is 17.6. The number of carbonyl (C=O) groups is 1. The van der Waals surface area contributed by atoms with E-state index < -0.39 is 17.5 Å². The summed E-state index contributed by atoms with van der Waals surface area (Å²) in [7, 11) is 3.02. The molecule has 2 aromatic carbocycles. The molecule has 2 rings (SSSR count). The van der Waals surface area contributed by atoms with E-state index in [9.17, 15) is 18.0 Å². The Morgan fingerprint density at radius 3 is 1.96 bits per heavy atom. The van der Waals surface area contributed by atoms with Crippen LogP contribution >= 0.6 is 0 Å². The average Bonchev–Trinajstić information content (AvgIpc) is 2.58. The van der Waals surface area contributed by atoms with Crippen molar-refractivity contribution >= 4 is 11.9 Å². The summed E-state index contributed by atoms with van der Waals surface area (Å²) in [5, 5.41) is 0. The zero-order valence-electron chi connectivity index (χ0n) is 13.1. The summed E-state index contributed by atoms with van der Waals surface area (Å²) < 4.78 is 47.8. The van der Waals surface area contributed by atoms with Gasteiger partial charge < -0.3 is 9.47 Å². The maximum absolute atomic E-state index is 12.5. The van der Waals surface area contributed by atoms with Crippen LogP contribution in [0.4, 0.5) is 13.2 Å². The fraction of sp³-hybridized carbons (Fsp3) is 0.167. The van der Waals surface area contributed by atoms with Gasteiger partial charge in [0.2, 0.25) is 0 Å². The number of hydrogen-bond acceptors (Lipinski definition) is 3. The highest BCUT2D eigenvalue weighted by atomic mass is 19.4. The first-order chi connectivity index (χ1) is 11.3. The van der Waals surface area contributed by atoms with Gasteiger partial charge in [0.1, 0.15) is 11.5 Å². The van der Waals surface area contributed by atoms with Gasteiger partial charge in [-0.25, -0.2) is 0 Å². The molecule has 0 atom stereocenters. The fourth-order valence-electron chi connectivity index (χ4n) is 2.02. The van der Waals surface area contributed by atoms with Crippen LogP contribution in [0.15, 0.2) is 48.5 Å². The van der Waals surface area contributed by atoms with Crippen LogP contribution in [0.1, 0.15) is 21.5 Å². The van der Waals surface area contributed by atoms with Crippen molar-refractivity contribution in [1.82, 2.24) is 0 Å². The summed E-state index contributed by atoms with van der Waals surface area (Å²) in [6, 6.07) is 9.18. The summed E-state index contributed by atoms with van der Waals surface area (Å²) in [6.07, 6.45) is -1.59. The van der Waals surface area contributed by atoms with Gasteiger partial charge in [0.15, 0.2) is 5.78 Å². The lowest BCUT2D eigenvalue weighted by Crippen LogP contribution is -2.05. The predicted octanol–water partition coefficient (Wildman–Crippen LogP) is 4.62. The smallest absolute Gasteiger partial charge is 0.416 e. The molecular formula is C18H15F3O3. The Bertz CT molecular complexity index is 725. The van der Waals surface area contributed by atoms with Gasteiger partial charge in [0, 0.05) is 11.6 Å². The molecule has 0 spiro atoms. The van der Waals surface area contributed by atoms with Gasteiger partial charge >= 0.3 is 6.18 Å². The summed E-state index contributed by atoms with van der Waals surface area (Å²) in [5.74, 6) is 0.734. The van der Waals surface area contributed by atoms with Crippen molar-refractivity contribution in [3.63, 3.8) is 0 Å². The average molecular weight is 336 g/mol. The monoisotopic (exact) mass is 336 g/mol. The van der Waals surface area contributed by atoms with Crippen LogP contribution in [-0.2, 0) is 6.18 Å². The molecule has 24 heavy (non-hydrogen) atoms. The molecule has 0 amide bonds. The molecule has 2 aromatic rings. The quantitative estimate of drug-likeness (QED) is 0.590. The molecular weight excluding hydrogens is 321 g/mol. The van der Waals surface area contributed by atoms with E-state index in [1.165, 1.54) is 20.3 Å². The highest BCUT2D eigenvalue weighted by Gasteiger charge is 2.30. The molecule has 0 aliphatic heterocycles. The maximum atomic E-state index is 12.5. The Morgan fingerprint density at radius 1 is 0.958 bits per heavy atom. The molecule has 0 radical (unpaired) electrons. The fourth-order valence-corrected chi connectivity index (χ4v) is 2.02. The number of allylic oxidation sites excluding steroid dienone is 1. The largest absolute Gasteiger partial charge is 0.497 e. The van der Waals surface area contributed by atoms with Crippen molar-refractivity contribution in [3.8, 4) is 11.5 Å². The Kier molecular flexibility index (Phi) is 5.28. The lowest BCUT2D eigenvalue weighted by molar-refractivity contribution is -0.137. The molecule has 6 heteroatoms. The van der Waals surface area contributed by atoms with Crippen LogP contribution in [0.5, 0.6) is 11.5 Å². The molecule has 0 unspecified atom stereocenters. The Labute approximate surface area is 137 Å². The summed E-state index contributed by atoms with van der Waals surface area (Å²) in [5.41, 5.74) is 0.0566. The SMILES string of the molecule is COc1cc(/C=C/C(=O)c2ccc(C(F)(F)F)cc2)cc(OC)c1. The molecule has 3 nitrogen and oxygen atoms in total. The first-order valence-electron chi connectivity index (χ1n) is 6.96. The number of hydrogen-bond donors (Lipinski definition) is 0. The van der Waals surface area contributed by atoms with E-state index in [0.29, 0.717) is 17.1 Å². The van der Waals surface area contributed by atoms with Crippen LogP contribution in [0, 0.1) is 0 Å². The Balaban J connectivity index is 2.18. The van der Waals surface area contributed by atoms with Crippen molar-refractivity contribution in [3.05, 3.63) is 65.2 Å². The number of halogens is 3. The minimum atomic E-state index is -4.42. The number of ketones is 1. The molecule has 0 bridgehead atoms. The van der Waals surface area contributed by atoms with Gasteiger partial charge in [0.25, 0.3) is 0 Å². The second kappa shape index (κ2) is 7.21. The maximum Gasteiger partial charge on any atom is 0.416 e. The third-order valence-electron chi connectivity index (χ3n) is 3.30. The van der Waals surface area contributed by atoms with Crippen molar-refractivity contribution in [2.75, 3.05) is 14.2 Å². The molecule has 0 saturated carbocycles. The van der Waals surface area contributed by atoms with Gasteiger partial charge in [-0.05, 0) is 35.9 Å². The van der Waals surface area contributed by atoms with E-state index >= 15 is 0 Å². The highest BCUT2D eigenvalue weighted by Crippen LogP contribution is 2.29. The Hall–Kier alpha value is -2.76. The van der Waals surface area contributed by atoms with Crippen molar-refractivity contribution < 1.29 is 27.4 Å². The second-order valence-corrected chi connectivity index (χ2v) is 4.92. The zero-order chi connectivity index (χ0) is 17.7. The van der Waals surface area contributed by atoms with Crippen LogP contribution in [0.2, 0.25) is 0 Å². The highest BCUT2D eigenvalue weighted by molar-refractivity contribution is 6.06. The first-order valence-corrected chi connectivity index (χ1v) is 6.96. The van der Waals surface area contributed by atoms with Gasteiger partial charge in [-0.2, -0.15) is 13.2 Å². The minimum absolute atomic E-state index is 0.175. The number of carbonyl (C=O) groups excluding carboxylic acids is 1. The van der Waals surface area contributed by atoms with Gasteiger partial charge in [-0.15, -0.1) is 0 Å². The van der Waals surface area contributed by atoms with Crippen molar-refractivity contribution in [2.24, 2.45) is 0 Å². The summed E-state index contributed by atoms with van der Waals surface area (Å²) in [6.45, 7) is 0. The lowest BCUT2D eigenvalue weighted by Gasteiger charge is -2.06. The Morgan fingerprint density at radius 2 is 1.50 bits per heavy atom. The van der Waals surface area contributed by atoms with E-state index in [4.69, 9.17) is 9.47 Å². The number of ether oxygens (including phenoxy) is 2. The van der Waals surface area contributed by atoms with Crippen LogP contribution < -0.4 is 9.47 Å². The molecule has 0 saturated heterocycles.